The SMILES string of the molecule is CN(C)C(=O)CCSc1ccc(N)cc1Br. The van der Waals surface area contributed by atoms with Gasteiger partial charge in [0.2, 0.25) is 5.91 Å². The summed E-state index contributed by atoms with van der Waals surface area (Å²) in [6.07, 6.45) is 0.550. The Balaban J connectivity index is 2.46. The number of benzene rings is 1. The minimum atomic E-state index is 0.152. The molecule has 0 aromatic heterocycles. The van der Waals surface area contributed by atoms with Crippen molar-refractivity contribution in [3.05, 3.63) is 22.7 Å². The third kappa shape index (κ3) is 4.06. The number of amides is 1. The summed E-state index contributed by atoms with van der Waals surface area (Å²) in [7, 11) is 3.54. The van der Waals surface area contributed by atoms with E-state index in [0.29, 0.717) is 6.42 Å². The second kappa shape index (κ2) is 6.15. The van der Waals surface area contributed by atoms with E-state index in [-0.39, 0.29) is 5.91 Å². The van der Waals surface area contributed by atoms with Crippen LogP contribution in [-0.2, 0) is 4.79 Å². The van der Waals surface area contributed by atoms with Crippen LogP contribution in [0.1, 0.15) is 6.42 Å². The van der Waals surface area contributed by atoms with Crippen LogP contribution in [0.4, 0.5) is 5.69 Å². The van der Waals surface area contributed by atoms with Crippen molar-refractivity contribution in [2.24, 2.45) is 0 Å². The summed E-state index contributed by atoms with van der Waals surface area (Å²) in [5.41, 5.74) is 6.38. The Labute approximate surface area is 109 Å². The van der Waals surface area contributed by atoms with E-state index in [2.05, 4.69) is 15.9 Å². The Morgan fingerprint density at radius 3 is 2.75 bits per heavy atom. The molecular formula is C11H15BrN2OS. The molecule has 0 aliphatic heterocycles. The molecule has 0 saturated carbocycles. The summed E-state index contributed by atoms with van der Waals surface area (Å²) in [5, 5.41) is 0. The average Bonchev–Trinajstić information content (AvgIpc) is 2.20. The Morgan fingerprint density at radius 2 is 2.19 bits per heavy atom. The lowest BCUT2D eigenvalue weighted by Crippen LogP contribution is -2.21. The van der Waals surface area contributed by atoms with Gasteiger partial charge in [0, 0.05) is 41.3 Å². The van der Waals surface area contributed by atoms with E-state index in [4.69, 9.17) is 5.73 Å². The van der Waals surface area contributed by atoms with Crippen LogP contribution in [0.3, 0.4) is 0 Å². The molecule has 5 heteroatoms. The fourth-order valence-electron chi connectivity index (χ4n) is 1.11. The molecule has 0 fully saturated rings. The van der Waals surface area contributed by atoms with Gasteiger partial charge in [-0.05, 0) is 34.1 Å². The maximum atomic E-state index is 11.4. The van der Waals surface area contributed by atoms with E-state index >= 15 is 0 Å². The number of halogens is 1. The van der Waals surface area contributed by atoms with E-state index in [1.54, 1.807) is 30.8 Å². The van der Waals surface area contributed by atoms with Crippen LogP contribution >= 0.6 is 27.7 Å². The van der Waals surface area contributed by atoms with Crippen molar-refractivity contribution < 1.29 is 4.79 Å². The number of nitrogens with two attached hydrogens (primary N) is 1. The zero-order chi connectivity index (χ0) is 12.1. The molecule has 0 heterocycles. The Hall–Kier alpha value is -0.680. The topological polar surface area (TPSA) is 46.3 Å². The highest BCUT2D eigenvalue weighted by atomic mass is 79.9. The van der Waals surface area contributed by atoms with Crippen LogP contribution in [0.2, 0.25) is 0 Å². The van der Waals surface area contributed by atoms with Crippen molar-refractivity contribution in [1.82, 2.24) is 4.90 Å². The lowest BCUT2D eigenvalue weighted by molar-refractivity contribution is -0.128. The first kappa shape index (κ1) is 13.4. The lowest BCUT2D eigenvalue weighted by Gasteiger charge is -2.10. The van der Waals surface area contributed by atoms with Crippen LogP contribution in [0.5, 0.6) is 0 Å². The second-order valence-electron chi connectivity index (χ2n) is 3.58. The largest absolute Gasteiger partial charge is 0.399 e. The van der Waals surface area contributed by atoms with Gasteiger partial charge in [0.1, 0.15) is 0 Å². The van der Waals surface area contributed by atoms with Gasteiger partial charge >= 0.3 is 0 Å². The van der Waals surface area contributed by atoms with Gasteiger partial charge in [-0.3, -0.25) is 4.79 Å². The standard InChI is InChI=1S/C11H15BrN2OS/c1-14(2)11(15)5-6-16-10-4-3-8(13)7-9(10)12/h3-4,7H,5-6,13H2,1-2H3. The molecule has 1 aromatic rings. The highest BCUT2D eigenvalue weighted by Gasteiger charge is 2.05. The Bertz CT molecular complexity index is 382. The van der Waals surface area contributed by atoms with E-state index in [1.807, 2.05) is 18.2 Å². The van der Waals surface area contributed by atoms with Gasteiger partial charge in [-0.15, -0.1) is 11.8 Å². The van der Waals surface area contributed by atoms with Crippen molar-refractivity contribution in [1.29, 1.82) is 0 Å². The number of anilines is 1. The van der Waals surface area contributed by atoms with Crippen LogP contribution < -0.4 is 5.73 Å². The maximum Gasteiger partial charge on any atom is 0.222 e. The third-order valence-corrected chi connectivity index (χ3v) is 4.02. The first-order valence-electron chi connectivity index (χ1n) is 4.88. The van der Waals surface area contributed by atoms with Crippen LogP contribution in [0.25, 0.3) is 0 Å². The minimum Gasteiger partial charge on any atom is -0.399 e. The number of rotatable bonds is 4. The fraction of sp³-hybridized carbons (Fsp3) is 0.364. The molecule has 0 unspecified atom stereocenters. The predicted molar refractivity (Wildman–Crippen MR) is 72.6 cm³/mol. The summed E-state index contributed by atoms with van der Waals surface area (Å²) < 4.78 is 0.981. The summed E-state index contributed by atoms with van der Waals surface area (Å²) in [6, 6.07) is 5.70. The van der Waals surface area contributed by atoms with Gasteiger partial charge in [-0.2, -0.15) is 0 Å². The molecule has 0 bridgehead atoms. The molecule has 0 atom stereocenters. The predicted octanol–water partition coefficient (Wildman–Crippen LogP) is 2.60. The van der Waals surface area contributed by atoms with E-state index in [1.165, 1.54) is 0 Å². The molecule has 3 nitrogen and oxygen atoms in total. The van der Waals surface area contributed by atoms with Crippen molar-refractivity contribution in [2.75, 3.05) is 25.6 Å². The molecule has 88 valence electrons. The first-order valence-corrected chi connectivity index (χ1v) is 6.66. The number of nitrogen functional groups attached to an aromatic ring is 1. The number of hydrogen-bond donors (Lipinski definition) is 1. The van der Waals surface area contributed by atoms with E-state index in [0.717, 1.165) is 20.8 Å². The first-order chi connectivity index (χ1) is 7.50. The zero-order valence-electron chi connectivity index (χ0n) is 9.37. The average molecular weight is 303 g/mol. The summed E-state index contributed by atoms with van der Waals surface area (Å²) >= 11 is 5.10. The Kier molecular flexibility index (Phi) is 5.15. The lowest BCUT2D eigenvalue weighted by atomic mass is 10.3. The quantitative estimate of drug-likeness (QED) is 0.687. The summed E-state index contributed by atoms with van der Waals surface area (Å²) in [4.78, 5) is 14.1. The number of carbonyl (C=O) groups excluding carboxylic acids is 1. The molecule has 1 rings (SSSR count). The van der Waals surface area contributed by atoms with Gasteiger partial charge in [-0.1, -0.05) is 0 Å². The number of carbonyl (C=O) groups is 1. The van der Waals surface area contributed by atoms with Crippen LogP contribution in [0, 0.1) is 0 Å². The molecule has 16 heavy (non-hydrogen) atoms. The molecule has 1 aromatic carbocycles. The molecule has 0 spiro atoms. The second-order valence-corrected chi connectivity index (χ2v) is 5.57. The van der Waals surface area contributed by atoms with Gasteiger partial charge in [0.15, 0.2) is 0 Å². The molecule has 0 saturated heterocycles. The molecular weight excluding hydrogens is 288 g/mol. The fourth-order valence-corrected chi connectivity index (χ4v) is 2.70. The van der Waals surface area contributed by atoms with Crippen LogP contribution in [-0.4, -0.2) is 30.7 Å². The van der Waals surface area contributed by atoms with Gasteiger partial charge in [0.05, 0.1) is 0 Å². The van der Waals surface area contributed by atoms with E-state index in [9.17, 15) is 4.79 Å². The van der Waals surface area contributed by atoms with Gasteiger partial charge in [-0.25, -0.2) is 0 Å². The number of nitrogens with zero attached hydrogens (tertiary/aromatic N) is 1. The number of hydrogen-bond acceptors (Lipinski definition) is 3. The Morgan fingerprint density at radius 1 is 1.50 bits per heavy atom. The highest BCUT2D eigenvalue weighted by molar-refractivity contribution is 9.10. The van der Waals surface area contributed by atoms with Crippen molar-refractivity contribution in [3.8, 4) is 0 Å². The van der Waals surface area contributed by atoms with Gasteiger partial charge < -0.3 is 10.6 Å². The summed E-state index contributed by atoms with van der Waals surface area (Å²) in [6.45, 7) is 0. The van der Waals surface area contributed by atoms with Gasteiger partial charge in [0.25, 0.3) is 0 Å². The van der Waals surface area contributed by atoms with E-state index < -0.39 is 0 Å². The maximum absolute atomic E-state index is 11.4. The van der Waals surface area contributed by atoms with Crippen LogP contribution in [0.15, 0.2) is 27.6 Å². The van der Waals surface area contributed by atoms with Crippen molar-refractivity contribution >= 4 is 39.3 Å². The molecule has 2 N–H and O–H groups in total. The molecule has 0 radical (unpaired) electrons. The monoisotopic (exact) mass is 302 g/mol. The smallest absolute Gasteiger partial charge is 0.222 e. The molecule has 1 amide bonds. The zero-order valence-corrected chi connectivity index (χ0v) is 11.8. The highest BCUT2D eigenvalue weighted by Crippen LogP contribution is 2.29. The number of thioether (sulfide) groups is 1. The summed E-state index contributed by atoms with van der Waals surface area (Å²) in [5.74, 6) is 0.929. The third-order valence-electron chi connectivity index (χ3n) is 2.03. The minimum absolute atomic E-state index is 0.152. The molecule has 0 aliphatic rings. The molecule has 0 aliphatic carbocycles. The van der Waals surface area contributed by atoms with Crippen molar-refractivity contribution in [3.63, 3.8) is 0 Å². The normalized spacial score (nSPS) is 10.2. The van der Waals surface area contributed by atoms with Crippen molar-refractivity contribution in [2.45, 2.75) is 11.3 Å².